The summed E-state index contributed by atoms with van der Waals surface area (Å²) in [6.45, 7) is 3.79. The summed E-state index contributed by atoms with van der Waals surface area (Å²) in [7, 11) is 0. The quantitative estimate of drug-likeness (QED) is 0.685. The zero-order chi connectivity index (χ0) is 18.2. The lowest BCUT2D eigenvalue weighted by Crippen LogP contribution is -2.10. The predicted octanol–water partition coefficient (Wildman–Crippen LogP) is 4.68. The lowest BCUT2D eigenvalue weighted by molar-refractivity contribution is -0.137. The van der Waals surface area contributed by atoms with Gasteiger partial charge in [-0.3, -0.25) is 9.20 Å². The zero-order valence-electron chi connectivity index (χ0n) is 13.4. The van der Waals surface area contributed by atoms with Crippen molar-refractivity contribution in [3.05, 3.63) is 58.4 Å². The van der Waals surface area contributed by atoms with Crippen molar-refractivity contribution in [2.45, 2.75) is 20.0 Å². The van der Waals surface area contributed by atoms with Gasteiger partial charge in [-0.1, -0.05) is 6.07 Å². The number of anilines is 1. The number of nitrogens with one attached hydrogen (secondary N) is 1. The number of aromatic nitrogens is 2. The molecular weight excluding hydrogens is 351 g/mol. The van der Waals surface area contributed by atoms with Gasteiger partial charge in [0.1, 0.15) is 0 Å². The van der Waals surface area contributed by atoms with Crippen LogP contribution in [0.5, 0.6) is 0 Å². The number of halogens is 3. The third-order valence-corrected chi connectivity index (χ3v) is 4.41. The SMILES string of the molecule is Cc1cn2c(/C=C/C(=O)Nc3cccc(C(F)(F)F)c3)c(C)nc2s1. The minimum Gasteiger partial charge on any atom is -0.322 e. The molecule has 0 saturated heterocycles. The monoisotopic (exact) mass is 365 g/mol. The Morgan fingerprint density at radius 1 is 1.32 bits per heavy atom. The highest BCUT2D eigenvalue weighted by molar-refractivity contribution is 7.17. The number of benzene rings is 1. The highest BCUT2D eigenvalue weighted by atomic mass is 32.1. The van der Waals surface area contributed by atoms with Crippen LogP contribution in [0.25, 0.3) is 11.0 Å². The highest BCUT2D eigenvalue weighted by Gasteiger charge is 2.30. The maximum absolute atomic E-state index is 12.7. The molecule has 25 heavy (non-hydrogen) atoms. The van der Waals surface area contributed by atoms with E-state index in [1.807, 2.05) is 24.4 Å². The first kappa shape index (κ1) is 17.2. The Morgan fingerprint density at radius 2 is 2.08 bits per heavy atom. The van der Waals surface area contributed by atoms with E-state index >= 15 is 0 Å². The maximum Gasteiger partial charge on any atom is 0.416 e. The first-order valence-electron chi connectivity index (χ1n) is 7.35. The van der Waals surface area contributed by atoms with Gasteiger partial charge >= 0.3 is 6.18 Å². The fraction of sp³-hybridized carbons (Fsp3) is 0.176. The number of rotatable bonds is 3. The van der Waals surface area contributed by atoms with E-state index in [1.165, 1.54) is 29.5 Å². The lowest BCUT2D eigenvalue weighted by atomic mass is 10.2. The molecule has 1 N–H and O–H groups in total. The standard InChI is InChI=1S/C17H14F3N3OS/c1-10-9-23-14(11(2)21-16(23)25-10)6-7-15(24)22-13-5-3-4-12(8-13)17(18,19)20/h3-9H,1-2H3,(H,22,24)/b7-6+. The van der Waals surface area contributed by atoms with E-state index in [1.54, 1.807) is 6.08 Å². The first-order valence-corrected chi connectivity index (χ1v) is 8.17. The Kier molecular flexibility index (Phi) is 4.38. The van der Waals surface area contributed by atoms with E-state index in [-0.39, 0.29) is 5.69 Å². The fourth-order valence-corrected chi connectivity index (χ4v) is 3.27. The van der Waals surface area contributed by atoms with E-state index in [2.05, 4.69) is 10.3 Å². The number of carbonyl (C=O) groups excluding carboxylic acids is 1. The van der Waals surface area contributed by atoms with Gasteiger partial charge < -0.3 is 5.32 Å². The van der Waals surface area contributed by atoms with Crippen LogP contribution < -0.4 is 5.32 Å². The topological polar surface area (TPSA) is 46.4 Å². The van der Waals surface area contributed by atoms with Crippen molar-refractivity contribution in [2.24, 2.45) is 0 Å². The Labute approximate surface area is 145 Å². The molecule has 0 spiro atoms. The van der Waals surface area contributed by atoms with E-state index in [9.17, 15) is 18.0 Å². The predicted molar refractivity (Wildman–Crippen MR) is 91.7 cm³/mol. The van der Waals surface area contributed by atoms with Gasteiger partial charge in [-0.25, -0.2) is 4.98 Å². The number of fused-ring (bicyclic) bond motifs is 1. The molecule has 8 heteroatoms. The average molecular weight is 365 g/mol. The van der Waals surface area contributed by atoms with Crippen LogP contribution in [0.15, 0.2) is 36.5 Å². The second kappa shape index (κ2) is 6.36. The summed E-state index contributed by atoms with van der Waals surface area (Å²) in [6.07, 6.45) is 0.353. The Morgan fingerprint density at radius 3 is 2.80 bits per heavy atom. The molecule has 0 atom stereocenters. The number of hydrogen-bond donors (Lipinski definition) is 1. The summed E-state index contributed by atoms with van der Waals surface area (Å²) < 4.78 is 40.0. The van der Waals surface area contributed by atoms with Crippen LogP contribution in [0, 0.1) is 13.8 Å². The van der Waals surface area contributed by atoms with Gasteiger partial charge in [0.05, 0.1) is 17.0 Å². The van der Waals surface area contributed by atoms with Crippen molar-refractivity contribution in [1.82, 2.24) is 9.38 Å². The van der Waals surface area contributed by atoms with Gasteiger partial charge in [-0.15, -0.1) is 11.3 Å². The molecule has 1 amide bonds. The normalized spacial score (nSPS) is 12.2. The maximum atomic E-state index is 12.7. The number of imidazole rings is 1. The van der Waals surface area contributed by atoms with Crippen LogP contribution >= 0.6 is 11.3 Å². The molecule has 0 aliphatic carbocycles. The molecule has 4 nitrogen and oxygen atoms in total. The van der Waals surface area contributed by atoms with Crippen molar-refractivity contribution >= 4 is 34.0 Å². The summed E-state index contributed by atoms with van der Waals surface area (Å²) >= 11 is 1.54. The number of thiazole rings is 1. The molecule has 0 saturated carbocycles. The molecule has 0 aliphatic heterocycles. The number of amides is 1. The van der Waals surface area contributed by atoms with Gasteiger partial charge in [0.25, 0.3) is 0 Å². The zero-order valence-corrected chi connectivity index (χ0v) is 14.2. The third-order valence-electron chi connectivity index (χ3n) is 3.51. The van der Waals surface area contributed by atoms with Crippen molar-refractivity contribution < 1.29 is 18.0 Å². The van der Waals surface area contributed by atoms with Crippen LogP contribution in [-0.2, 0) is 11.0 Å². The molecule has 2 heterocycles. The minimum absolute atomic E-state index is 0.0889. The summed E-state index contributed by atoms with van der Waals surface area (Å²) in [6, 6.07) is 4.51. The number of hydrogen-bond acceptors (Lipinski definition) is 3. The third kappa shape index (κ3) is 3.74. The van der Waals surface area contributed by atoms with Crippen molar-refractivity contribution in [2.75, 3.05) is 5.32 Å². The summed E-state index contributed by atoms with van der Waals surface area (Å²) in [5.74, 6) is -0.513. The van der Waals surface area contributed by atoms with Gasteiger partial charge in [-0.2, -0.15) is 13.2 Å². The van der Waals surface area contributed by atoms with E-state index in [0.29, 0.717) is 0 Å². The van der Waals surface area contributed by atoms with Gasteiger partial charge in [-0.05, 0) is 38.1 Å². The first-order chi connectivity index (χ1) is 11.7. The number of aryl methyl sites for hydroxylation is 2. The molecule has 0 unspecified atom stereocenters. The molecule has 3 rings (SSSR count). The second-order valence-corrected chi connectivity index (χ2v) is 6.69. The van der Waals surface area contributed by atoms with Crippen LogP contribution in [-0.4, -0.2) is 15.3 Å². The molecule has 2 aromatic heterocycles. The molecule has 0 bridgehead atoms. The molecule has 0 radical (unpaired) electrons. The van der Waals surface area contributed by atoms with Crippen molar-refractivity contribution in [3.8, 4) is 0 Å². The number of nitrogens with zero attached hydrogens (tertiary/aromatic N) is 2. The summed E-state index contributed by atoms with van der Waals surface area (Å²) in [5, 5.41) is 2.44. The van der Waals surface area contributed by atoms with Gasteiger partial charge in [0.15, 0.2) is 4.96 Å². The van der Waals surface area contributed by atoms with Crippen LogP contribution in [0.4, 0.5) is 18.9 Å². The van der Waals surface area contributed by atoms with Crippen molar-refractivity contribution in [1.29, 1.82) is 0 Å². The molecule has 3 aromatic rings. The molecule has 1 aromatic carbocycles. The molecule has 0 aliphatic rings. The molecular formula is C17H14F3N3OS. The largest absolute Gasteiger partial charge is 0.416 e. The van der Waals surface area contributed by atoms with E-state index in [4.69, 9.17) is 0 Å². The number of alkyl halides is 3. The van der Waals surface area contributed by atoms with E-state index < -0.39 is 17.6 Å². The molecule has 130 valence electrons. The van der Waals surface area contributed by atoms with E-state index in [0.717, 1.165) is 33.4 Å². The highest BCUT2D eigenvalue weighted by Crippen LogP contribution is 2.30. The van der Waals surface area contributed by atoms with Crippen molar-refractivity contribution in [3.63, 3.8) is 0 Å². The lowest BCUT2D eigenvalue weighted by Gasteiger charge is -2.08. The fourth-order valence-electron chi connectivity index (χ4n) is 2.39. The summed E-state index contributed by atoms with van der Waals surface area (Å²) in [5.41, 5.74) is 0.815. The average Bonchev–Trinajstić information content (AvgIpc) is 2.99. The van der Waals surface area contributed by atoms with Crippen LogP contribution in [0.1, 0.15) is 21.8 Å². The second-order valence-electron chi connectivity index (χ2n) is 5.48. The minimum atomic E-state index is -4.45. The smallest absolute Gasteiger partial charge is 0.322 e. The Hall–Kier alpha value is -2.61. The van der Waals surface area contributed by atoms with Gasteiger partial charge in [0.2, 0.25) is 5.91 Å². The molecule has 0 fully saturated rings. The Bertz CT molecular complexity index is 969. The number of carbonyl (C=O) groups is 1. The van der Waals surface area contributed by atoms with Crippen LogP contribution in [0.3, 0.4) is 0 Å². The Balaban J connectivity index is 1.78. The summed E-state index contributed by atoms with van der Waals surface area (Å²) in [4.78, 5) is 18.3. The van der Waals surface area contributed by atoms with Crippen LogP contribution in [0.2, 0.25) is 0 Å². The van der Waals surface area contributed by atoms with Gasteiger partial charge in [0, 0.05) is 22.8 Å².